The molecule has 6 rings (SSSR count). The molecule has 6 heterocycles. The first-order valence-corrected chi connectivity index (χ1v) is 9.10. The van der Waals surface area contributed by atoms with Gasteiger partial charge in [0, 0.05) is 49.4 Å². The van der Waals surface area contributed by atoms with Crippen molar-refractivity contribution in [3.8, 4) is 0 Å². The van der Waals surface area contributed by atoms with Crippen LogP contribution in [0.5, 0.6) is 0 Å². The molecule has 4 aromatic heterocycles. The van der Waals surface area contributed by atoms with E-state index < -0.39 is 0 Å². The van der Waals surface area contributed by atoms with E-state index in [1.165, 1.54) is 12.5 Å². The fourth-order valence-corrected chi connectivity index (χ4v) is 3.10. The summed E-state index contributed by atoms with van der Waals surface area (Å²) in [6.45, 7) is 0. The van der Waals surface area contributed by atoms with E-state index in [0.717, 1.165) is 44.8 Å². The summed E-state index contributed by atoms with van der Waals surface area (Å²) in [6.07, 6.45) is 13.3. The number of nitrogens with one attached hydrogen (secondary N) is 2. The minimum Gasteiger partial charge on any atom is -0.581 e. The number of rotatable bonds is 0. The van der Waals surface area contributed by atoms with E-state index in [1.807, 2.05) is 42.5 Å². The van der Waals surface area contributed by atoms with Gasteiger partial charge in [-0.05, 0) is 79.1 Å². The van der Waals surface area contributed by atoms with E-state index in [-0.39, 0.29) is 27.3 Å². The molecule has 0 unspecified atom stereocenters. The average molecular weight is 491 g/mol. The Morgan fingerprint density at radius 3 is 1.50 bits per heavy atom. The van der Waals surface area contributed by atoms with Gasteiger partial charge in [0.05, 0.1) is 22.8 Å². The minimum absolute atomic E-state index is 0. The topological polar surface area (TPSA) is 83.4 Å². The first-order valence-electron chi connectivity index (χ1n) is 9.10. The molecule has 0 radical (unpaired) electrons. The van der Waals surface area contributed by atoms with E-state index in [2.05, 4.69) is 66.1 Å². The molecule has 0 fully saturated rings. The summed E-state index contributed by atoms with van der Waals surface area (Å²) in [5.74, 6) is 0. The number of oxazole rings is 1. The molecule has 0 saturated carbocycles. The monoisotopic (exact) mass is 492 g/mol. The van der Waals surface area contributed by atoms with Crippen molar-refractivity contribution in [1.29, 1.82) is 0 Å². The van der Waals surface area contributed by atoms with Gasteiger partial charge < -0.3 is 19.4 Å². The summed E-state index contributed by atoms with van der Waals surface area (Å²) < 4.78 is 4.35. The Hall–Kier alpha value is -3.27. The van der Waals surface area contributed by atoms with Crippen molar-refractivity contribution in [2.45, 2.75) is 0 Å². The molecule has 7 heteroatoms. The third-order valence-electron chi connectivity index (χ3n) is 4.35. The zero-order valence-electron chi connectivity index (χ0n) is 16.0. The largest absolute Gasteiger partial charge is 0.581 e. The molecule has 0 amide bonds. The van der Waals surface area contributed by atoms with Crippen LogP contribution in [-0.4, -0.2) is 24.9 Å². The first-order chi connectivity index (χ1) is 14.3. The maximum atomic E-state index is 4.62. The Balaban J connectivity index is 0.000000321. The molecule has 2 aliphatic heterocycles. The van der Waals surface area contributed by atoms with Crippen LogP contribution in [0.4, 0.5) is 0 Å². The van der Waals surface area contributed by atoms with Gasteiger partial charge in [0.2, 0.25) is 0 Å². The zero-order chi connectivity index (χ0) is 19.5. The van der Waals surface area contributed by atoms with Crippen LogP contribution in [0.3, 0.4) is 0 Å². The van der Waals surface area contributed by atoms with Crippen LogP contribution in [0.25, 0.3) is 46.4 Å². The summed E-state index contributed by atoms with van der Waals surface area (Å²) in [5.41, 5.74) is 7.86. The van der Waals surface area contributed by atoms with Gasteiger partial charge in [-0.25, -0.2) is 9.97 Å². The van der Waals surface area contributed by atoms with Crippen molar-refractivity contribution in [3.05, 3.63) is 90.2 Å². The van der Waals surface area contributed by atoms with Crippen LogP contribution < -0.4 is 0 Å². The quantitative estimate of drug-likeness (QED) is 0.228. The second-order valence-corrected chi connectivity index (χ2v) is 6.53. The number of hydrogen-bond donors (Lipinski definition) is 2. The summed E-state index contributed by atoms with van der Waals surface area (Å²) in [5, 5.41) is 0. The number of nitrogens with zero attached hydrogens (tertiary/aromatic N) is 3. The molecule has 0 atom stereocenters. The van der Waals surface area contributed by atoms with Crippen molar-refractivity contribution >= 4 is 46.4 Å². The third kappa shape index (κ3) is 4.82. The van der Waals surface area contributed by atoms with Crippen molar-refractivity contribution in [1.82, 2.24) is 24.9 Å². The van der Waals surface area contributed by atoms with Crippen molar-refractivity contribution in [2.24, 2.45) is 0 Å². The van der Waals surface area contributed by atoms with Gasteiger partial charge in [-0.15, -0.1) is 0 Å². The van der Waals surface area contributed by atoms with Crippen LogP contribution >= 0.6 is 0 Å². The number of H-pyrrole nitrogens is 2. The maximum Gasteiger partial charge on any atom is 0.101 e. The molecular formula is C23H16CdN5O-. The van der Waals surface area contributed by atoms with Gasteiger partial charge in [-0.3, -0.25) is 0 Å². The molecule has 0 aromatic carbocycles. The first kappa shape index (κ1) is 20.0. The number of aromatic amines is 2. The minimum atomic E-state index is 0. The molecule has 8 bridgehead atoms. The van der Waals surface area contributed by atoms with Gasteiger partial charge in [-0.1, -0.05) is 6.20 Å². The number of hydrogen-bond acceptors (Lipinski definition) is 4. The fourth-order valence-electron chi connectivity index (χ4n) is 3.10. The van der Waals surface area contributed by atoms with E-state index in [4.69, 9.17) is 0 Å². The Morgan fingerprint density at radius 1 is 0.633 bits per heavy atom. The number of aromatic nitrogens is 5. The standard InChI is InChI=1S/C20H14N4.C3H2NO.Cd/c1-2-14-10-16-5-6-18(23-16)12-20-8-7-19(24-20)11-17-4-3-15(22-17)9-13(1)21-14;1-2-5-3-4-1;/h1-12,21-22H;1-2H;/q;-1;. The summed E-state index contributed by atoms with van der Waals surface area (Å²) >= 11 is 0. The molecule has 0 spiro atoms. The summed E-state index contributed by atoms with van der Waals surface area (Å²) in [6, 6.07) is 16.4. The smallest absolute Gasteiger partial charge is 0.101 e. The van der Waals surface area contributed by atoms with Crippen LogP contribution in [0, 0.1) is 6.39 Å². The van der Waals surface area contributed by atoms with Gasteiger partial charge in [0.1, 0.15) is 6.39 Å². The zero-order valence-corrected chi connectivity index (χ0v) is 20.1. The average Bonchev–Trinajstić information content (AvgIpc) is 3.50. The predicted octanol–water partition coefficient (Wildman–Crippen LogP) is 5.13. The molecule has 6 nitrogen and oxygen atoms in total. The van der Waals surface area contributed by atoms with Crippen molar-refractivity contribution in [2.75, 3.05) is 0 Å². The molecule has 0 saturated heterocycles. The summed E-state index contributed by atoms with van der Waals surface area (Å²) in [4.78, 5) is 19.5. The van der Waals surface area contributed by atoms with E-state index in [0.29, 0.717) is 0 Å². The van der Waals surface area contributed by atoms with E-state index in [1.54, 1.807) is 0 Å². The molecular weight excluding hydrogens is 475 g/mol. The van der Waals surface area contributed by atoms with Gasteiger partial charge in [0.15, 0.2) is 0 Å². The molecule has 4 aromatic rings. The maximum absolute atomic E-state index is 4.62. The van der Waals surface area contributed by atoms with Crippen LogP contribution in [0.2, 0.25) is 0 Å². The van der Waals surface area contributed by atoms with Crippen LogP contribution in [0.15, 0.2) is 65.4 Å². The predicted molar refractivity (Wildman–Crippen MR) is 114 cm³/mol. The molecule has 0 aliphatic carbocycles. The SMILES string of the molecule is C1=Cc2cc3ccc(cc4ccc(cc5nc(cc1n2)C=C5)[nH]4)[nH]3.[Cd].[c-]1ncco1. The molecule has 30 heavy (non-hydrogen) atoms. The molecule has 2 N–H and O–H groups in total. The normalized spacial score (nSPS) is 11.5. The Morgan fingerprint density at radius 2 is 1.10 bits per heavy atom. The third-order valence-corrected chi connectivity index (χ3v) is 4.35. The fraction of sp³-hybridized carbons (Fsp3) is 0. The molecule has 2 aliphatic rings. The van der Waals surface area contributed by atoms with E-state index >= 15 is 0 Å². The van der Waals surface area contributed by atoms with E-state index in [9.17, 15) is 0 Å². The Bertz CT molecular complexity index is 1260. The van der Waals surface area contributed by atoms with Crippen molar-refractivity contribution < 1.29 is 31.7 Å². The molecule has 142 valence electrons. The second kappa shape index (κ2) is 9.04. The Labute approximate surface area is 192 Å². The number of fused-ring (bicyclic) bond motifs is 8. The second-order valence-electron chi connectivity index (χ2n) is 6.53. The van der Waals surface area contributed by atoms with Crippen molar-refractivity contribution in [3.63, 3.8) is 0 Å². The van der Waals surface area contributed by atoms with Crippen LogP contribution in [0.1, 0.15) is 22.8 Å². The van der Waals surface area contributed by atoms with Crippen LogP contribution in [-0.2, 0) is 27.3 Å². The Kier molecular flexibility index (Phi) is 6.03. The van der Waals surface area contributed by atoms with Gasteiger partial charge in [0.25, 0.3) is 0 Å². The summed E-state index contributed by atoms with van der Waals surface area (Å²) in [7, 11) is 0. The van der Waals surface area contributed by atoms with Gasteiger partial charge >= 0.3 is 0 Å². The van der Waals surface area contributed by atoms with Gasteiger partial charge in [-0.2, -0.15) is 0 Å².